The number of nitrogens with zero attached hydrogens (tertiary/aromatic N) is 1. The maximum atomic E-state index is 10.8. The molecule has 2 rings (SSSR count). The van der Waals surface area contributed by atoms with Gasteiger partial charge < -0.3 is 5.11 Å². The quantitative estimate of drug-likeness (QED) is 0.881. The second-order valence-corrected chi connectivity index (χ2v) is 7.75. The summed E-state index contributed by atoms with van der Waals surface area (Å²) < 4.78 is 0. The Kier molecular flexibility index (Phi) is 3.84. The lowest BCUT2D eigenvalue weighted by atomic mass is 9.75. The van der Waals surface area contributed by atoms with Crippen LogP contribution < -0.4 is 0 Å². The molecule has 1 aromatic heterocycles. The molecule has 2 nitrogen and oxygen atoms in total. The molecule has 1 fully saturated rings. The topological polar surface area (TPSA) is 33.1 Å². The van der Waals surface area contributed by atoms with Gasteiger partial charge in [-0.1, -0.05) is 40.5 Å². The lowest BCUT2D eigenvalue weighted by Crippen LogP contribution is -2.41. The number of aliphatic hydroxyl groups is 1. The van der Waals surface area contributed by atoms with E-state index in [-0.39, 0.29) is 5.41 Å². The molecule has 1 saturated carbocycles. The van der Waals surface area contributed by atoms with Gasteiger partial charge in [0.1, 0.15) is 0 Å². The third-order valence-electron chi connectivity index (χ3n) is 4.19. The summed E-state index contributed by atoms with van der Waals surface area (Å²) in [5.41, 5.74) is 0.732. The molecule has 102 valence electrons. The van der Waals surface area contributed by atoms with Crippen LogP contribution in [0.15, 0.2) is 5.38 Å². The van der Waals surface area contributed by atoms with Crippen LogP contribution >= 0.6 is 11.3 Å². The first-order valence-electron chi connectivity index (χ1n) is 6.98. The van der Waals surface area contributed by atoms with Gasteiger partial charge in [-0.15, -0.1) is 11.3 Å². The summed E-state index contributed by atoms with van der Waals surface area (Å²) in [7, 11) is 0. The summed E-state index contributed by atoms with van der Waals surface area (Å²) >= 11 is 1.70. The Hall–Kier alpha value is -0.410. The lowest BCUT2D eigenvalue weighted by molar-refractivity contribution is -0.0405. The van der Waals surface area contributed by atoms with Crippen molar-refractivity contribution in [2.24, 2.45) is 5.92 Å². The van der Waals surface area contributed by atoms with Gasteiger partial charge in [0, 0.05) is 17.2 Å². The van der Waals surface area contributed by atoms with Gasteiger partial charge in [-0.05, 0) is 18.8 Å². The van der Waals surface area contributed by atoms with Gasteiger partial charge in [0.05, 0.1) is 16.3 Å². The van der Waals surface area contributed by atoms with Gasteiger partial charge in [0.2, 0.25) is 0 Å². The van der Waals surface area contributed by atoms with E-state index in [1.807, 2.05) is 0 Å². The first-order chi connectivity index (χ1) is 8.31. The van der Waals surface area contributed by atoms with Crippen LogP contribution in [0.3, 0.4) is 0 Å². The Morgan fingerprint density at radius 1 is 1.44 bits per heavy atom. The molecule has 0 aliphatic heterocycles. The van der Waals surface area contributed by atoms with Crippen molar-refractivity contribution in [1.82, 2.24) is 4.98 Å². The molecule has 18 heavy (non-hydrogen) atoms. The highest BCUT2D eigenvalue weighted by molar-refractivity contribution is 7.09. The van der Waals surface area contributed by atoms with E-state index in [0.717, 1.165) is 36.4 Å². The van der Waals surface area contributed by atoms with E-state index in [2.05, 4.69) is 33.1 Å². The monoisotopic (exact) mass is 267 g/mol. The Morgan fingerprint density at radius 3 is 2.72 bits per heavy atom. The van der Waals surface area contributed by atoms with Crippen LogP contribution in [0.25, 0.3) is 0 Å². The summed E-state index contributed by atoms with van der Waals surface area (Å²) in [6, 6.07) is 0. The van der Waals surface area contributed by atoms with Crippen molar-refractivity contribution < 1.29 is 5.11 Å². The number of hydrogen-bond donors (Lipinski definition) is 1. The molecule has 1 N–H and O–H groups in total. The molecule has 0 aromatic carbocycles. The second kappa shape index (κ2) is 4.93. The molecule has 1 heterocycles. The first kappa shape index (κ1) is 14.0. The molecule has 0 amide bonds. The van der Waals surface area contributed by atoms with Gasteiger partial charge in [-0.2, -0.15) is 0 Å². The summed E-state index contributed by atoms with van der Waals surface area (Å²) in [6.45, 7) is 8.73. The molecule has 3 heteroatoms. The number of thiazole rings is 1. The average molecular weight is 267 g/mol. The fraction of sp³-hybridized carbons (Fsp3) is 0.800. The van der Waals surface area contributed by atoms with E-state index in [0.29, 0.717) is 5.92 Å². The molecule has 1 aliphatic rings. The number of aromatic nitrogens is 1. The molecule has 1 aromatic rings. The van der Waals surface area contributed by atoms with Crippen molar-refractivity contribution in [3.05, 3.63) is 16.1 Å². The summed E-state index contributed by atoms with van der Waals surface area (Å²) in [5, 5.41) is 14.0. The van der Waals surface area contributed by atoms with Crippen LogP contribution in [0, 0.1) is 5.92 Å². The van der Waals surface area contributed by atoms with Crippen molar-refractivity contribution in [3.63, 3.8) is 0 Å². The SMILES string of the molecule is CC1CCCCC1(O)Cc1nc(C(C)(C)C)cs1. The molecular weight excluding hydrogens is 242 g/mol. The molecule has 0 spiro atoms. The molecule has 0 radical (unpaired) electrons. The summed E-state index contributed by atoms with van der Waals surface area (Å²) in [5.74, 6) is 0.397. The van der Waals surface area contributed by atoms with Crippen LogP contribution in [0.5, 0.6) is 0 Å². The standard InChI is InChI=1S/C15H25NOS/c1-11-7-5-6-8-15(11,17)9-13-16-12(10-18-13)14(2,3)4/h10-11,17H,5-9H2,1-4H3. The fourth-order valence-electron chi connectivity index (χ4n) is 2.66. The van der Waals surface area contributed by atoms with E-state index in [9.17, 15) is 5.11 Å². The zero-order valence-corrected chi connectivity index (χ0v) is 12.8. The molecule has 0 saturated heterocycles. The van der Waals surface area contributed by atoms with Gasteiger partial charge in [-0.25, -0.2) is 4.98 Å². The van der Waals surface area contributed by atoms with Gasteiger partial charge in [0.25, 0.3) is 0 Å². The zero-order chi connectivity index (χ0) is 13.4. The highest BCUT2D eigenvalue weighted by atomic mass is 32.1. The van der Waals surface area contributed by atoms with E-state index in [4.69, 9.17) is 4.98 Å². The van der Waals surface area contributed by atoms with Crippen LogP contribution in [0.4, 0.5) is 0 Å². The van der Waals surface area contributed by atoms with Crippen LogP contribution in [0.1, 0.15) is 64.1 Å². The van der Waals surface area contributed by atoms with Crippen molar-refractivity contribution in [3.8, 4) is 0 Å². The van der Waals surface area contributed by atoms with Crippen LogP contribution in [-0.4, -0.2) is 15.7 Å². The highest BCUT2D eigenvalue weighted by Gasteiger charge is 2.37. The Bertz CT molecular complexity index is 407. The molecule has 0 bridgehead atoms. The molecule has 2 atom stereocenters. The van der Waals surface area contributed by atoms with Crippen LogP contribution in [0.2, 0.25) is 0 Å². The van der Waals surface area contributed by atoms with Crippen molar-refractivity contribution in [2.45, 2.75) is 70.8 Å². The van der Waals surface area contributed by atoms with Crippen LogP contribution in [-0.2, 0) is 11.8 Å². The Labute approximate surface area is 114 Å². The maximum absolute atomic E-state index is 10.8. The van der Waals surface area contributed by atoms with E-state index >= 15 is 0 Å². The predicted molar refractivity (Wildman–Crippen MR) is 77.1 cm³/mol. The van der Waals surface area contributed by atoms with Gasteiger partial charge >= 0.3 is 0 Å². The van der Waals surface area contributed by atoms with E-state index in [1.165, 1.54) is 6.42 Å². The number of rotatable bonds is 2. The Morgan fingerprint density at radius 2 is 2.17 bits per heavy atom. The normalized spacial score (nSPS) is 29.5. The van der Waals surface area contributed by atoms with E-state index in [1.54, 1.807) is 11.3 Å². The predicted octanol–water partition coefficient (Wildman–Crippen LogP) is 3.92. The third-order valence-corrected chi connectivity index (χ3v) is 5.04. The molecule has 2 unspecified atom stereocenters. The molecular formula is C15H25NOS. The highest BCUT2D eigenvalue weighted by Crippen LogP contribution is 2.37. The lowest BCUT2D eigenvalue weighted by Gasteiger charge is -2.37. The second-order valence-electron chi connectivity index (χ2n) is 6.80. The zero-order valence-electron chi connectivity index (χ0n) is 12.0. The third kappa shape index (κ3) is 2.94. The van der Waals surface area contributed by atoms with Crippen molar-refractivity contribution in [1.29, 1.82) is 0 Å². The van der Waals surface area contributed by atoms with Crippen molar-refractivity contribution >= 4 is 11.3 Å². The fourth-order valence-corrected chi connectivity index (χ4v) is 3.80. The van der Waals surface area contributed by atoms with Gasteiger partial charge in [-0.3, -0.25) is 0 Å². The minimum Gasteiger partial charge on any atom is -0.389 e. The maximum Gasteiger partial charge on any atom is 0.0957 e. The smallest absolute Gasteiger partial charge is 0.0957 e. The molecule has 1 aliphatic carbocycles. The summed E-state index contributed by atoms with van der Waals surface area (Å²) in [6.07, 6.45) is 5.22. The summed E-state index contributed by atoms with van der Waals surface area (Å²) in [4.78, 5) is 4.71. The minimum absolute atomic E-state index is 0.107. The Balaban J connectivity index is 2.11. The first-order valence-corrected chi connectivity index (χ1v) is 7.86. The number of hydrogen-bond acceptors (Lipinski definition) is 3. The average Bonchev–Trinajstić information content (AvgIpc) is 2.70. The van der Waals surface area contributed by atoms with Gasteiger partial charge in [0.15, 0.2) is 0 Å². The largest absolute Gasteiger partial charge is 0.389 e. The minimum atomic E-state index is -0.523. The van der Waals surface area contributed by atoms with Crippen molar-refractivity contribution in [2.75, 3.05) is 0 Å². The van der Waals surface area contributed by atoms with E-state index < -0.39 is 5.60 Å².